The molecule has 118 valence electrons. The molecule has 2 aliphatic rings. The van der Waals surface area contributed by atoms with Crippen molar-refractivity contribution in [3.63, 3.8) is 0 Å². The van der Waals surface area contributed by atoms with Gasteiger partial charge in [-0.1, -0.05) is 19.3 Å². The Morgan fingerprint density at radius 1 is 1.18 bits per heavy atom. The molecule has 0 bridgehead atoms. The molecule has 1 aliphatic carbocycles. The largest absolute Gasteiger partial charge is 0.342 e. The molecule has 1 saturated heterocycles. The van der Waals surface area contributed by atoms with Crippen LogP contribution in [-0.4, -0.2) is 57.8 Å². The van der Waals surface area contributed by atoms with Gasteiger partial charge in [0.1, 0.15) is 5.69 Å². The van der Waals surface area contributed by atoms with Crippen molar-refractivity contribution in [1.82, 2.24) is 19.8 Å². The van der Waals surface area contributed by atoms with Crippen LogP contribution >= 0.6 is 0 Å². The molecule has 0 N–H and O–H groups in total. The molecular weight excluding hydrogens is 280 g/mol. The number of carbonyl (C=O) groups is 2. The van der Waals surface area contributed by atoms with Crippen LogP contribution in [0.1, 0.15) is 42.6 Å². The minimum absolute atomic E-state index is 0.0625. The van der Waals surface area contributed by atoms with Gasteiger partial charge in [0.25, 0.3) is 5.91 Å². The molecule has 2 heterocycles. The van der Waals surface area contributed by atoms with Crippen molar-refractivity contribution in [3.05, 3.63) is 24.3 Å². The predicted octanol–water partition coefficient (Wildman–Crippen LogP) is 1.34. The van der Waals surface area contributed by atoms with E-state index in [0.717, 1.165) is 12.8 Å². The lowest BCUT2D eigenvalue weighted by Crippen LogP contribution is -2.57. The Balaban J connectivity index is 1.52. The van der Waals surface area contributed by atoms with E-state index in [0.29, 0.717) is 24.8 Å². The van der Waals surface area contributed by atoms with Gasteiger partial charge in [0.2, 0.25) is 5.91 Å². The topological polar surface area (TPSA) is 66.4 Å². The van der Waals surface area contributed by atoms with E-state index in [-0.39, 0.29) is 17.7 Å². The Labute approximate surface area is 130 Å². The van der Waals surface area contributed by atoms with Crippen molar-refractivity contribution >= 4 is 11.8 Å². The van der Waals surface area contributed by atoms with Crippen LogP contribution in [0.2, 0.25) is 0 Å². The second-order valence-electron chi connectivity index (χ2n) is 6.24. The SMILES string of the molecule is CN(C(=O)C1CN(C(=O)c2cnccn2)C1)C1CCCCC1. The molecule has 1 aromatic rings. The fourth-order valence-electron chi connectivity index (χ4n) is 3.31. The van der Waals surface area contributed by atoms with Gasteiger partial charge in [0.05, 0.1) is 12.1 Å². The fourth-order valence-corrected chi connectivity index (χ4v) is 3.31. The summed E-state index contributed by atoms with van der Waals surface area (Å²) in [5, 5.41) is 0. The quantitative estimate of drug-likeness (QED) is 0.845. The predicted molar refractivity (Wildman–Crippen MR) is 81.1 cm³/mol. The summed E-state index contributed by atoms with van der Waals surface area (Å²) >= 11 is 0. The van der Waals surface area contributed by atoms with E-state index in [1.165, 1.54) is 31.7 Å². The zero-order valence-corrected chi connectivity index (χ0v) is 12.9. The van der Waals surface area contributed by atoms with E-state index in [1.54, 1.807) is 11.1 Å². The average Bonchev–Trinajstić information content (AvgIpc) is 2.54. The van der Waals surface area contributed by atoms with Crippen molar-refractivity contribution in [2.24, 2.45) is 5.92 Å². The van der Waals surface area contributed by atoms with E-state index in [4.69, 9.17) is 0 Å². The molecular formula is C16H22N4O2. The van der Waals surface area contributed by atoms with E-state index in [2.05, 4.69) is 9.97 Å². The number of hydrogen-bond donors (Lipinski definition) is 0. The lowest BCUT2D eigenvalue weighted by Gasteiger charge is -2.42. The molecule has 0 radical (unpaired) electrons. The zero-order chi connectivity index (χ0) is 15.5. The Morgan fingerprint density at radius 2 is 1.91 bits per heavy atom. The van der Waals surface area contributed by atoms with Crippen LogP contribution in [0.3, 0.4) is 0 Å². The molecule has 1 aliphatic heterocycles. The van der Waals surface area contributed by atoms with Gasteiger partial charge in [0.15, 0.2) is 0 Å². The van der Waals surface area contributed by atoms with Gasteiger partial charge in [-0.05, 0) is 12.8 Å². The van der Waals surface area contributed by atoms with Crippen LogP contribution in [0.5, 0.6) is 0 Å². The number of hydrogen-bond acceptors (Lipinski definition) is 4. The van der Waals surface area contributed by atoms with Gasteiger partial charge in [-0.3, -0.25) is 14.6 Å². The Kier molecular flexibility index (Phi) is 4.36. The highest BCUT2D eigenvalue weighted by Gasteiger charge is 2.39. The van der Waals surface area contributed by atoms with Crippen LogP contribution in [0.4, 0.5) is 0 Å². The summed E-state index contributed by atoms with van der Waals surface area (Å²) in [4.78, 5) is 36.1. The summed E-state index contributed by atoms with van der Waals surface area (Å²) in [5.41, 5.74) is 0.342. The van der Waals surface area contributed by atoms with Gasteiger partial charge in [0, 0.05) is 38.6 Å². The average molecular weight is 302 g/mol. The van der Waals surface area contributed by atoms with Crippen LogP contribution in [0, 0.1) is 5.92 Å². The Morgan fingerprint density at radius 3 is 2.55 bits per heavy atom. The van der Waals surface area contributed by atoms with Crippen LogP contribution in [0.25, 0.3) is 0 Å². The summed E-state index contributed by atoms with van der Waals surface area (Å²) in [6.07, 6.45) is 10.4. The number of aromatic nitrogens is 2. The summed E-state index contributed by atoms with van der Waals surface area (Å²) < 4.78 is 0. The first-order valence-electron chi connectivity index (χ1n) is 7.99. The summed E-state index contributed by atoms with van der Waals surface area (Å²) in [5.74, 6) is -0.0277. The van der Waals surface area contributed by atoms with E-state index in [1.807, 2.05) is 11.9 Å². The number of carbonyl (C=O) groups excluding carboxylic acids is 2. The van der Waals surface area contributed by atoms with Gasteiger partial charge in [-0.25, -0.2) is 4.98 Å². The summed E-state index contributed by atoms with van der Waals surface area (Å²) in [6, 6.07) is 0.381. The third kappa shape index (κ3) is 2.96. The highest BCUT2D eigenvalue weighted by molar-refractivity contribution is 5.94. The maximum Gasteiger partial charge on any atom is 0.274 e. The molecule has 1 saturated carbocycles. The first kappa shape index (κ1) is 14.9. The first-order chi connectivity index (χ1) is 10.7. The third-order valence-corrected chi connectivity index (χ3v) is 4.77. The maximum atomic E-state index is 12.5. The van der Waals surface area contributed by atoms with Crippen molar-refractivity contribution < 1.29 is 9.59 Å². The highest BCUT2D eigenvalue weighted by Crippen LogP contribution is 2.25. The van der Waals surface area contributed by atoms with Crippen LogP contribution < -0.4 is 0 Å². The molecule has 0 aromatic carbocycles. The maximum absolute atomic E-state index is 12.5. The van der Waals surface area contributed by atoms with Crippen molar-refractivity contribution in [2.75, 3.05) is 20.1 Å². The number of nitrogens with zero attached hydrogens (tertiary/aromatic N) is 4. The Hall–Kier alpha value is -1.98. The van der Waals surface area contributed by atoms with Gasteiger partial charge in [-0.15, -0.1) is 0 Å². The van der Waals surface area contributed by atoms with Crippen LogP contribution in [0.15, 0.2) is 18.6 Å². The van der Waals surface area contributed by atoms with Gasteiger partial charge >= 0.3 is 0 Å². The molecule has 0 unspecified atom stereocenters. The molecule has 0 spiro atoms. The summed E-state index contributed by atoms with van der Waals surface area (Å²) in [6.45, 7) is 0.983. The van der Waals surface area contributed by atoms with Crippen LogP contribution in [-0.2, 0) is 4.79 Å². The third-order valence-electron chi connectivity index (χ3n) is 4.77. The lowest BCUT2D eigenvalue weighted by molar-refractivity contribution is -0.141. The van der Waals surface area contributed by atoms with E-state index >= 15 is 0 Å². The molecule has 22 heavy (non-hydrogen) atoms. The minimum Gasteiger partial charge on any atom is -0.342 e. The molecule has 6 nitrogen and oxygen atoms in total. The minimum atomic E-state index is -0.141. The first-order valence-corrected chi connectivity index (χ1v) is 7.99. The zero-order valence-electron chi connectivity index (χ0n) is 12.9. The normalized spacial score (nSPS) is 19.6. The molecule has 3 rings (SSSR count). The molecule has 2 amide bonds. The Bertz CT molecular complexity index is 536. The van der Waals surface area contributed by atoms with Crippen molar-refractivity contribution in [3.8, 4) is 0 Å². The highest BCUT2D eigenvalue weighted by atomic mass is 16.2. The molecule has 0 atom stereocenters. The standard InChI is InChI=1S/C16H22N4O2/c1-19(13-5-3-2-4-6-13)15(21)12-10-20(11-12)16(22)14-9-17-7-8-18-14/h7-9,12-13H,2-6,10-11H2,1H3. The summed E-state index contributed by atoms with van der Waals surface area (Å²) in [7, 11) is 1.91. The van der Waals surface area contributed by atoms with Crippen molar-refractivity contribution in [1.29, 1.82) is 0 Å². The molecule has 1 aromatic heterocycles. The smallest absolute Gasteiger partial charge is 0.274 e. The van der Waals surface area contributed by atoms with E-state index in [9.17, 15) is 9.59 Å². The van der Waals surface area contributed by atoms with Gasteiger partial charge in [-0.2, -0.15) is 0 Å². The number of rotatable bonds is 3. The van der Waals surface area contributed by atoms with Crippen molar-refractivity contribution in [2.45, 2.75) is 38.1 Å². The van der Waals surface area contributed by atoms with Gasteiger partial charge < -0.3 is 9.80 Å². The van der Waals surface area contributed by atoms with E-state index < -0.39 is 0 Å². The fraction of sp³-hybridized carbons (Fsp3) is 0.625. The monoisotopic (exact) mass is 302 g/mol. The second-order valence-corrected chi connectivity index (χ2v) is 6.24. The number of amides is 2. The second kappa shape index (κ2) is 6.42. The lowest BCUT2D eigenvalue weighted by atomic mass is 9.92. The molecule has 6 heteroatoms. The molecule has 2 fully saturated rings. The number of likely N-dealkylation sites (tertiary alicyclic amines) is 1.